The molecule has 1 aromatic carbocycles. The molecule has 4 nitrogen and oxygen atoms in total. The van der Waals surface area contributed by atoms with Gasteiger partial charge in [-0.15, -0.1) is 0 Å². The summed E-state index contributed by atoms with van der Waals surface area (Å²) in [6, 6.07) is 9.29. The first-order valence-electron chi connectivity index (χ1n) is 5.73. The van der Waals surface area contributed by atoms with Crippen LogP contribution in [0.15, 0.2) is 24.3 Å². The summed E-state index contributed by atoms with van der Waals surface area (Å²) >= 11 is 0. The molecular weight excluding hydrogens is 216 g/mol. The fourth-order valence-electron chi connectivity index (χ4n) is 1.26. The monoisotopic (exact) mass is 234 g/mol. The van der Waals surface area contributed by atoms with Crippen molar-refractivity contribution in [2.24, 2.45) is 0 Å². The average Bonchev–Trinajstić information content (AvgIpc) is 2.38. The Bertz CT molecular complexity index is 374. The zero-order valence-corrected chi connectivity index (χ0v) is 10.3. The molecule has 17 heavy (non-hydrogen) atoms. The number of hydrogen-bond acceptors (Lipinski definition) is 4. The van der Waals surface area contributed by atoms with Gasteiger partial charge in [-0.3, -0.25) is 0 Å². The molecule has 0 saturated heterocycles. The summed E-state index contributed by atoms with van der Waals surface area (Å²) in [4.78, 5) is 0. The summed E-state index contributed by atoms with van der Waals surface area (Å²) < 4.78 is 11.1. The predicted molar refractivity (Wildman–Crippen MR) is 66.2 cm³/mol. The number of rotatable bonds is 7. The molecular formula is C13H18N2O2. The maximum Gasteiger partial charge on any atom is 0.161 e. The fraction of sp³-hybridized carbons (Fsp3) is 0.462. The highest BCUT2D eigenvalue weighted by Gasteiger charge is 2.08. The molecule has 0 fully saturated rings. The number of ether oxygens (including phenoxy) is 2. The summed E-state index contributed by atoms with van der Waals surface area (Å²) in [5.41, 5.74) is 0. The van der Waals surface area contributed by atoms with Crippen LogP contribution in [0.5, 0.6) is 11.5 Å². The third-order valence-corrected chi connectivity index (χ3v) is 2.22. The molecule has 0 aliphatic carbocycles. The van der Waals surface area contributed by atoms with Crippen LogP contribution in [0.3, 0.4) is 0 Å². The molecule has 0 saturated carbocycles. The number of nitrogens with zero attached hydrogens (tertiary/aromatic N) is 1. The van der Waals surface area contributed by atoms with Crippen molar-refractivity contribution in [1.29, 1.82) is 5.26 Å². The van der Waals surface area contributed by atoms with Gasteiger partial charge in [0.25, 0.3) is 0 Å². The molecule has 0 aliphatic rings. The summed E-state index contributed by atoms with van der Waals surface area (Å²) in [6.07, 6.45) is 0.950. The highest BCUT2D eigenvalue weighted by Crippen LogP contribution is 2.26. The minimum absolute atomic E-state index is 0.305. The van der Waals surface area contributed by atoms with E-state index in [1.165, 1.54) is 0 Å². The van der Waals surface area contributed by atoms with E-state index in [9.17, 15) is 0 Å². The number of likely N-dealkylation sites (N-methyl/N-ethyl adjacent to an activating group) is 1. The number of hydrogen-bond donors (Lipinski definition) is 1. The highest BCUT2D eigenvalue weighted by atomic mass is 16.5. The topological polar surface area (TPSA) is 54.3 Å². The largest absolute Gasteiger partial charge is 0.490 e. The Hall–Kier alpha value is -1.73. The van der Waals surface area contributed by atoms with Crippen molar-refractivity contribution in [2.75, 3.05) is 20.3 Å². The minimum atomic E-state index is -0.311. The Morgan fingerprint density at radius 1 is 1.29 bits per heavy atom. The molecule has 4 heteroatoms. The first-order chi connectivity index (χ1) is 8.31. The Balaban J connectivity index is 2.60. The van der Waals surface area contributed by atoms with E-state index in [1.807, 2.05) is 24.3 Å². The number of benzene rings is 1. The van der Waals surface area contributed by atoms with Gasteiger partial charge in [-0.2, -0.15) is 5.26 Å². The van der Waals surface area contributed by atoms with E-state index >= 15 is 0 Å². The van der Waals surface area contributed by atoms with E-state index in [-0.39, 0.29) is 6.04 Å². The van der Waals surface area contributed by atoms with Crippen molar-refractivity contribution in [3.8, 4) is 17.6 Å². The number of para-hydroxylation sites is 2. The van der Waals surface area contributed by atoms with Gasteiger partial charge in [0.05, 0.1) is 12.7 Å². The van der Waals surface area contributed by atoms with Gasteiger partial charge in [0, 0.05) is 0 Å². The van der Waals surface area contributed by atoms with Gasteiger partial charge < -0.3 is 14.8 Å². The first kappa shape index (κ1) is 13.3. The lowest BCUT2D eigenvalue weighted by Crippen LogP contribution is -2.29. The van der Waals surface area contributed by atoms with Gasteiger partial charge in [-0.05, 0) is 25.6 Å². The molecule has 0 amide bonds. The third-order valence-electron chi connectivity index (χ3n) is 2.22. The zero-order chi connectivity index (χ0) is 12.5. The van der Waals surface area contributed by atoms with Crippen molar-refractivity contribution < 1.29 is 9.47 Å². The smallest absolute Gasteiger partial charge is 0.161 e. The quantitative estimate of drug-likeness (QED) is 0.783. The molecule has 1 rings (SSSR count). The molecule has 0 spiro atoms. The summed E-state index contributed by atoms with van der Waals surface area (Å²) in [5.74, 6) is 1.40. The molecule has 0 bridgehead atoms. The fourth-order valence-corrected chi connectivity index (χ4v) is 1.26. The van der Waals surface area contributed by atoms with Gasteiger partial charge >= 0.3 is 0 Å². The van der Waals surface area contributed by atoms with Crippen molar-refractivity contribution >= 4 is 0 Å². The van der Waals surface area contributed by atoms with E-state index in [0.717, 1.165) is 12.2 Å². The van der Waals surface area contributed by atoms with Gasteiger partial charge in [0.15, 0.2) is 11.5 Å². The van der Waals surface area contributed by atoms with Crippen LogP contribution in [0.2, 0.25) is 0 Å². The normalized spacial score (nSPS) is 11.6. The summed E-state index contributed by atoms with van der Waals surface area (Å²) in [5, 5.41) is 11.6. The van der Waals surface area contributed by atoms with Crippen molar-refractivity contribution in [3.05, 3.63) is 24.3 Å². The molecule has 0 aliphatic heterocycles. The Morgan fingerprint density at radius 2 is 1.94 bits per heavy atom. The molecule has 1 aromatic rings. The molecule has 1 N–H and O–H groups in total. The standard InChI is InChI=1S/C13H18N2O2/c1-3-8-16-12-6-4-5-7-13(12)17-10-11(9-14)15-2/h4-7,11,15H,3,8,10H2,1-2H3. The Morgan fingerprint density at radius 3 is 2.47 bits per heavy atom. The lowest BCUT2D eigenvalue weighted by molar-refractivity contribution is 0.258. The average molecular weight is 234 g/mol. The lowest BCUT2D eigenvalue weighted by atomic mass is 10.3. The van der Waals surface area contributed by atoms with Crippen LogP contribution < -0.4 is 14.8 Å². The van der Waals surface area contributed by atoms with Gasteiger partial charge in [0.1, 0.15) is 12.6 Å². The maximum atomic E-state index is 8.79. The van der Waals surface area contributed by atoms with E-state index in [2.05, 4.69) is 18.3 Å². The number of nitriles is 1. The van der Waals surface area contributed by atoms with Crippen LogP contribution in [-0.4, -0.2) is 26.3 Å². The zero-order valence-electron chi connectivity index (χ0n) is 10.3. The Kier molecular flexibility index (Phi) is 5.91. The molecule has 1 atom stereocenters. The SMILES string of the molecule is CCCOc1ccccc1OCC(C#N)NC. The van der Waals surface area contributed by atoms with Crippen molar-refractivity contribution in [3.63, 3.8) is 0 Å². The third kappa shape index (κ3) is 4.33. The minimum Gasteiger partial charge on any atom is -0.490 e. The second-order valence-electron chi connectivity index (χ2n) is 3.58. The molecule has 0 heterocycles. The van der Waals surface area contributed by atoms with E-state index < -0.39 is 0 Å². The number of nitrogens with one attached hydrogen (secondary N) is 1. The van der Waals surface area contributed by atoms with Crippen LogP contribution in [0.1, 0.15) is 13.3 Å². The summed E-state index contributed by atoms with van der Waals surface area (Å²) in [6.45, 7) is 3.02. The highest BCUT2D eigenvalue weighted by molar-refractivity contribution is 5.39. The van der Waals surface area contributed by atoms with Crippen LogP contribution in [0, 0.1) is 11.3 Å². The predicted octanol–water partition coefficient (Wildman–Crippen LogP) is 1.97. The molecule has 1 unspecified atom stereocenters. The van der Waals surface area contributed by atoms with E-state index in [1.54, 1.807) is 7.05 Å². The van der Waals surface area contributed by atoms with Crippen LogP contribution in [0.4, 0.5) is 0 Å². The molecule has 0 aromatic heterocycles. The first-order valence-corrected chi connectivity index (χ1v) is 5.73. The van der Waals surface area contributed by atoms with E-state index in [0.29, 0.717) is 19.0 Å². The van der Waals surface area contributed by atoms with Crippen molar-refractivity contribution in [2.45, 2.75) is 19.4 Å². The van der Waals surface area contributed by atoms with Crippen LogP contribution >= 0.6 is 0 Å². The molecule has 0 radical (unpaired) electrons. The second-order valence-corrected chi connectivity index (χ2v) is 3.58. The van der Waals surface area contributed by atoms with Gasteiger partial charge in [0.2, 0.25) is 0 Å². The summed E-state index contributed by atoms with van der Waals surface area (Å²) in [7, 11) is 1.73. The van der Waals surface area contributed by atoms with Crippen LogP contribution in [-0.2, 0) is 0 Å². The van der Waals surface area contributed by atoms with Gasteiger partial charge in [-0.25, -0.2) is 0 Å². The Labute approximate surface area is 102 Å². The van der Waals surface area contributed by atoms with Gasteiger partial charge in [-0.1, -0.05) is 19.1 Å². The second kappa shape index (κ2) is 7.53. The van der Waals surface area contributed by atoms with Crippen molar-refractivity contribution in [1.82, 2.24) is 5.32 Å². The lowest BCUT2D eigenvalue weighted by Gasteiger charge is -2.13. The van der Waals surface area contributed by atoms with E-state index in [4.69, 9.17) is 14.7 Å². The maximum absolute atomic E-state index is 8.79. The van der Waals surface area contributed by atoms with Crippen LogP contribution in [0.25, 0.3) is 0 Å². The molecule has 92 valence electrons.